The van der Waals surface area contributed by atoms with Crippen molar-refractivity contribution in [2.45, 2.75) is 19.4 Å². The van der Waals surface area contributed by atoms with Crippen molar-refractivity contribution in [3.8, 4) is 11.5 Å². The molecule has 0 saturated heterocycles. The topological polar surface area (TPSA) is 64.5 Å². The van der Waals surface area contributed by atoms with Crippen LogP contribution >= 0.6 is 0 Å². The number of carbonyl (C=O) groups is 1. The van der Waals surface area contributed by atoms with Gasteiger partial charge in [0.15, 0.2) is 5.76 Å². The minimum Gasteiger partial charge on any atom is -0.463 e. The van der Waals surface area contributed by atoms with Gasteiger partial charge in [-0.2, -0.15) is 5.10 Å². The average molecular weight is 348 g/mol. The van der Waals surface area contributed by atoms with Gasteiger partial charge in [0.25, 0.3) is 0 Å². The Balaban J connectivity index is 1.31. The van der Waals surface area contributed by atoms with E-state index in [0.29, 0.717) is 19.5 Å². The summed E-state index contributed by atoms with van der Waals surface area (Å²) in [6, 6.07) is 15.8. The summed E-state index contributed by atoms with van der Waals surface area (Å²) >= 11 is 0. The highest BCUT2D eigenvalue weighted by molar-refractivity contribution is 5.76. The van der Waals surface area contributed by atoms with Crippen molar-refractivity contribution < 1.29 is 9.21 Å². The summed E-state index contributed by atoms with van der Waals surface area (Å²) in [6.07, 6.45) is 6.76. The molecule has 0 atom stereocenters. The van der Waals surface area contributed by atoms with Crippen LogP contribution in [0, 0.1) is 0 Å². The van der Waals surface area contributed by atoms with Crippen LogP contribution in [0.4, 0.5) is 0 Å². The Bertz CT molecular complexity index is 984. The van der Waals surface area contributed by atoms with Crippen LogP contribution in [0.2, 0.25) is 0 Å². The number of imidazole rings is 1. The number of aryl methyl sites for hydroxylation is 1. The minimum atomic E-state index is 0.0711. The molecule has 3 aromatic heterocycles. The number of amides is 1. The van der Waals surface area contributed by atoms with Crippen LogP contribution in [0.15, 0.2) is 71.6 Å². The molecule has 0 radical (unpaired) electrons. The number of furan rings is 1. The van der Waals surface area contributed by atoms with E-state index in [9.17, 15) is 4.79 Å². The van der Waals surface area contributed by atoms with Gasteiger partial charge in [-0.15, -0.1) is 0 Å². The lowest BCUT2D eigenvalue weighted by Crippen LogP contribution is -2.27. The predicted octanol–water partition coefficient (Wildman–Crippen LogP) is 3.14. The molecule has 0 unspecified atom stereocenters. The Hall–Kier alpha value is -3.28. The number of rotatable bonds is 7. The fourth-order valence-corrected chi connectivity index (χ4v) is 2.97. The number of benzene rings is 1. The molecular formula is C20H20N4O2. The number of nitrogens with one attached hydrogen (secondary N) is 1. The van der Waals surface area contributed by atoms with Gasteiger partial charge in [0.05, 0.1) is 6.26 Å². The van der Waals surface area contributed by atoms with Crippen LogP contribution in [0.3, 0.4) is 0 Å². The van der Waals surface area contributed by atoms with Crippen molar-refractivity contribution >= 4 is 11.6 Å². The van der Waals surface area contributed by atoms with Crippen molar-refractivity contribution in [2.24, 2.45) is 0 Å². The summed E-state index contributed by atoms with van der Waals surface area (Å²) < 4.78 is 9.27. The van der Waals surface area contributed by atoms with Crippen LogP contribution in [-0.2, 0) is 17.8 Å². The van der Waals surface area contributed by atoms with Gasteiger partial charge in [-0.25, -0.2) is 4.52 Å². The number of aromatic nitrogens is 3. The van der Waals surface area contributed by atoms with E-state index in [1.54, 1.807) is 6.26 Å². The van der Waals surface area contributed by atoms with Gasteiger partial charge in [0.1, 0.15) is 11.3 Å². The predicted molar refractivity (Wildman–Crippen MR) is 98.7 cm³/mol. The van der Waals surface area contributed by atoms with Gasteiger partial charge in [0, 0.05) is 38.0 Å². The van der Waals surface area contributed by atoms with Crippen LogP contribution in [0.25, 0.3) is 17.1 Å². The van der Waals surface area contributed by atoms with E-state index in [4.69, 9.17) is 4.42 Å². The molecule has 1 aromatic carbocycles. The third kappa shape index (κ3) is 3.54. The SMILES string of the molecule is O=C(CCc1ccccc1)NCCn1ccn2nc(-c3ccco3)cc12. The van der Waals surface area contributed by atoms with Gasteiger partial charge in [-0.1, -0.05) is 30.3 Å². The maximum absolute atomic E-state index is 12.0. The molecule has 0 saturated carbocycles. The highest BCUT2D eigenvalue weighted by Crippen LogP contribution is 2.20. The lowest BCUT2D eigenvalue weighted by atomic mass is 10.1. The summed E-state index contributed by atoms with van der Waals surface area (Å²) in [4.78, 5) is 12.0. The van der Waals surface area contributed by atoms with E-state index >= 15 is 0 Å². The standard InChI is InChI=1S/C20H20N4O2/c25-19(9-8-16-5-2-1-3-6-16)21-10-11-23-12-13-24-20(23)15-17(22-24)18-7-4-14-26-18/h1-7,12-15H,8-11H2,(H,21,25). The fourth-order valence-electron chi connectivity index (χ4n) is 2.97. The van der Waals surface area contributed by atoms with Crippen molar-refractivity contribution in [2.75, 3.05) is 6.54 Å². The molecule has 0 bridgehead atoms. The Labute approximate surface area is 151 Å². The molecule has 132 valence electrons. The first-order valence-electron chi connectivity index (χ1n) is 8.68. The van der Waals surface area contributed by atoms with E-state index in [2.05, 4.69) is 15.0 Å². The van der Waals surface area contributed by atoms with Crippen LogP contribution in [-0.4, -0.2) is 26.6 Å². The molecule has 0 aliphatic heterocycles. The molecule has 1 N–H and O–H groups in total. The molecule has 26 heavy (non-hydrogen) atoms. The van der Waals surface area contributed by atoms with Crippen molar-refractivity contribution in [1.82, 2.24) is 19.5 Å². The quantitative estimate of drug-likeness (QED) is 0.558. The molecule has 0 aliphatic carbocycles. The number of fused-ring (bicyclic) bond motifs is 1. The van der Waals surface area contributed by atoms with Crippen LogP contribution < -0.4 is 5.32 Å². The van der Waals surface area contributed by atoms with E-state index in [1.165, 1.54) is 5.56 Å². The van der Waals surface area contributed by atoms with Crippen LogP contribution in [0.5, 0.6) is 0 Å². The number of hydrogen-bond donors (Lipinski definition) is 1. The van der Waals surface area contributed by atoms with Gasteiger partial charge in [0.2, 0.25) is 5.91 Å². The zero-order chi connectivity index (χ0) is 17.8. The fraction of sp³-hybridized carbons (Fsp3) is 0.200. The third-order valence-corrected chi connectivity index (χ3v) is 4.33. The second-order valence-electron chi connectivity index (χ2n) is 6.14. The Kier molecular flexibility index (Phi) is 4.55. The summed E-state index contributed by atoms with van der Waals surface area (Å²) in [5.41, 5.74) is 2.95. The summed E-state index contributed by atoms with van der Waals surface area (Å²) in [6.45, 7) is 1.27. The molecule has 3 heterocycles. The number of hydrogen-bond acceptors (Lipinski definition) is 3. The molecule has 6 nitrogen and oxygen atoms in total. The zero-order valence-corrected chi connectivity index (χ0v) is 14.3. The first kappa shape index (κ1) is 16.2. The lowest BCUT2D eigenvalue weighted by molar-refractivity contribution is -0.121. The van der Waals surface area contributed by atoms with E-state index in [1.807, 2.05) is 65.4 Å². The van der Waals surface area contributed by atoms with Gasteiger partial charge < -0.3 is 14.3 Å². The molecule has 0 aliphatic rings. The monoisotopic (exact) mass is 348 g/mol. The maximum Gasteiger partial charge on any atom is 0.220 e. The number of carbonyl (C=O) groups excluding carboxylic acids is 1. The van der Waals surface area contributed by atoms with Gasteiger partial charge in [-0.3, -0.25) is 4.79 Å². The highest BCUT2D eigenvalue weighted by Gasteiger charge is 2.10. The Morgan fingerprint density at radius 1 is 1.12 bits per heavy atom. The molecule has 0 fully saturated rings. The normalized spacial score (nSPS) is 11.1. The van der Waals surface area contributed by atoms with Crippen molar-refractivity contribution in [3.63, 3.8) is 0 Å². The summed E-state index contributed by atoms with van der Waals surface area (Å²) in [5.74, 6) is 0.816. The molecule has 1 amide bonds. The number of nitrogens with zero attached hydrogens (tertiary/aromatic N) is 3. The first-order chi connectivity index (χ1) is 12.8. The molecule has 0 spiro atoms. The van der Waals surface area contributed by atoms with Gasteiger partial charge >= 0.3 is 0 Å². The minimum absolute atomic E-state index is 0.0711. The molecule has 4 rings (SSSR count). The largest absolute Gasteiger partial charge is 0.463 e. The van der Waals surface area contributed by atoms with Gasteiger partial charge in [-0.05, 0) is 24.1 Å². The second-order valence-corrected chi connectivity index (χ2v) is 6.14. The van der Waals surface area contributed by atoms with E-state index in [-0.39, 0.29) is 5.91 Å². The maximum atomic E-state index is 12.0. The zero-order valence-electron chi connectivity index (χ0n) is 14.3. The Morgan fingerprint density at radius 2 is 2.00 bits per heavy atom. The molecule has 4 aromatic rings. The summed E-state index contributed by atoms with van der Waals surface area (Å²) in [7, 11) is 0. The second kappa shape index (κ2) is 7.31. The first-order valence-corrected chi connectivity index (χ1v) is 8.68. The van der Waals surface area contributed by atoms with Crippen LogP contribution in [0.1, 0.15) is 12.0 Å². The smallest absolute Gasteiger partial charge is 0.220 e. The summed E-state index contributed by atoms with van der Waals surface area (Å²) in [5, 5.41) is 7.48. The third-order valence-electron chi connectivity index (χ3n) is 4.33. The van der Waals surface area contributed by atoms with Crippen molar-refractivity contribution in [3.05, 3.63) is 72.8 Å². The lowest BCUT2D eigenvalue weighted by Gasteiger charge is -2.06. The molecular weight excluding hydrogens is 328 g/mol. The average Bonchev–Trinajstić information content (AvgIpc) is 3.38. The van der Waals surface area contributed by atoms with Crippen molar-refractivity contribution in [1.29, 1.82) is 0 Å². The molecule has 6 heteroatoms. The Morgan fingerprint density at radius 3 is 2.81 bits per heavy atom. The van der Waals surface area contributed by atoms with E-state index in [0.717, 1.165) is 23.5 Å². The van der Waals surface area contributed by atoms with E-state index < -0.39 is 0 Å². The highest BCUT2D eigenvalue weighted by atomic mass is 16.3.